The summed E-state index contributed by atoms with van der Waals surface area (Å²) < 4.78 is 52.3. The highest BCUT2D eigenvalue weighted by atomic mass is 32.2. The van der Waals surface area contributed by atoms with E-state index in [1.165, 1.54) is 57.3 Å². The normalized spacial score (nSPS) is 12.1. The van der Waals surface area contributed by atoms with E-state index in [1.807, 2.05) is 0 Å². The number of nitrogens with zero attached hydrogens (tertiary/aromatic N) is 2. The minimum Gasteiger partial charge on any atom is -0.497 e. The lowest BCUT2D eigenvalue weighted by Crippen LogP contribution is -2.22. The first-order valence-corrected chi connectivity index (χ1v) is 10.9. The van der Waals surface area contributed by atoms with Gasteiger partial charge in [-0.25, -0.2) is 0 Å². The van der Waals surface area contributed by atoms with E-state index in [2.05, 4.69) is 4.40 Å². The fourth-order valence-corrected chi connectivity index (χ4v) is 4.96. The molecule has 0 aliphatic rings. The van der Waals surface area contributed by atoms with Crippen LogP contribution in [0.15, 0.2) is 45.7 Å². The fraction of sp³-hybridized carbons (Fsp3) is 0.263. The molecule has 0 aliphatic heterocycles. The molecular weight excluding hydrogens is 432 g/mol. The van der Waals surface area contributed by atoms with Gasteiger partial charge in [-0.3, -0.25) is 4.79 Å². The quantitative estimate of drug-likeness (QED) is 0.506. The van der Waals surface area contributed by atoms with Gasteiger partial charge in [-0.15, -0.1) is 4.40 Å². The number of esters is 1. The predicted octanol–water partition coefficient (Wildman–Crippen LogP) is 2.19. The Morgan fingerprint density at radius 2 is 1.63 bits per heavy atom. The first-order chi connectivity index (χ1) is 14.3. The van der Waals surface area contributed by atoms with Gasteiger partial charge in [0.1, 0.15) is 12.3 Å². The van der Waals surface area contributed by atoms with Crippen LogP contribution in [-0.2, 0) is 26.1 Å². The lowest BCUT2D eigenvalue weighted by atomic mass is 10.3. The second-order valence-corrected chi connectivity index (χ2v) is 8.58. The van der Waals surface area contributed by atoms with Gasteiger partial charge < -0.3 is 23.5 Å². The fourth-order valence-electron chi connectivity index (χ4n) is 2.72. The van der Waals surface area contributed by atoms with Crippen molar-refractivity contribution in [3.8, 4) is 17.2 Å². The zero-order valence-corrected chi connectivity index (χ0v) is 18.4. The van der Waals surface area contributed by atoms with E-state index in [9.17, 15) is 13.2 Å². The maximum atomic E-state index is 12.9. The predicted molar refractivity (Wildman–Crippen MR) is 111 cm³/mol. The lowest BCUT2D eigenvalue weighted by Gasteiger charge is -2.09. The standard InChI is InChI=1S/C19H20N2O7S2/c1-25-12-5-7-13(8-6-12)30(23,24)20-19-21(11-18(22)28-4)14-9-15(26-2)16(27-3)10-17(14)29-19/h5-10H,11H2,1-4H3/b20-19-. The molecule has 0 unspecified atom stereocenters. The summed E-state index contributed by atoms with van der Waals surface area (Å²) in [6.07, 6.45) is 0. The Morgan fingerprint density at radius 1 is 1.00 bits per heavy atom. The minimum atomic E-state index is -4.04. The molecular formula is C19H20N2O7S2. The van der Waals surface area contributed by atoms with Crippen molar-refractivity contribution in [2.75, 3.05) is 28.4 Å². The molecule has 0 atom stereocenters. The molecule has 160 valence electrons. The van der Waals surface area contributed by atoms with Crippen molar-refractivity contribution in [3.05, 3.63) is 41.2 Å². The van der Waals surface area contributed by atoms with Crippen LogP contribution in [0.3, 0.4) is 0 Å². The van der Waals surface area contributed by atoms with Gasteiger partial charge in [-0.1, -0.05) is 11.3 Å². The number of benzene rings is 2. The van der Waals surface area contributed by atoms with Crippen molar-refractivity contribution in [1.82, 2.24) is 4.57 Å². The van der Waals surface area contributed by atoms with Gasteiger partial charge in [0, 0.05) is 12.1 Å². The van der Waals surface area contributed by atoms with E-state index in [4.69, 9.17) is 18.9 Å². The number of fused-ring (bicyclic) bond motifs is 1. The molecule has 0 N–H and O–H groups in total. The van der Waals surface area contributed by atoms with Crippen LogP contribution in [0.5, 0.6) is 17.2 Å². The monoisotopic (exact) mass is 452 g/mol. The third kappa shape index (κ3) is 4.26. The molecule has 0 radical (unpaired) electrons. The van der Waals surface area contributed by atoms with E-state index in [0.29, 0.717) is 27.5 Å². The van der Waals surface area contributed by atoms with Crippen molar-refractivity contribution in [1.29, 1.82) is 0 Å². The number of ether oxygens (including phenoxy) is 4. The number of methoxy groups -OCH3 is 4. The Morgan fingerprint density at radius 3 is 2.20 bits per heavy atom. The van der Waals surface area contributed by atoms with Crippen LogP contribution >= 0.6 is 11.3 Å². The van der Waals surface area contributed by atoms with Crippen LogP contribution < -0.4 is 19.0 Å². The number of carbonyl (C=O) groups is 1. The van der Waals surface area contributed by atoms with Crippen LogP contribution in [0.4, 0.5) is 0 Å². The van der Waals surface area contributed by atoms with Crippen LogP contribution in [0.1, 0.15) is 0 Å². The second kappa shape index (κ2) is 8.76. The molecule has 0 fully saturated rings. The molecule has 0 saturated carbocycles. The molecule has 30 heavy (non-hydrogen) atoms. The maximum absolute atomic E-state index is 12.9. The number of hydrogen-bond donors (Lipinski definition) is 0. The highest BCUT2D eigenvalue weighted by molar-refractivity contribution is 7.90. The van der Waals surface area contributed by atoms with E-state index in [0.717, 1.165) is 11.3 Å². The summed E-state index contributed by atoms with van der Waals surface area (Å²) in [4.78, 5) is 12.1. The summed E-state index contributed by atoms with van der Waals surface area (Å²) in [5, 5.41) is 0. The smallest absolute Gasteiger partial charge is 0.325 e. The van der Waals surface area contributed by atoms with Crippen molar-refractivity contribution in [2.24, 2.45) is 4.40 Å². The zero-order valence-electron chi connectivity index (χ0n) is 16.7. The Labute approximate surface area is 177 Å². The zero-order chi connectivity index (χ0) is 21.9. The number of hydrogen-bond acceptors (Lipinski definition) is 8. The Balaban J connectivity index is 2.24. The number of thiazole rings is 1. The maximum Gasteiger partial charge on any atom is 0.325 e. The molecule has 0 spiro atoms. The molecule has 0 aliphatic carbocycles. The third-order valence-electron chi connectivity index (χ3n) is 4.26. The molecule has 9 nitrogen and oxygen atoms in total. The molecule has 3 rings (SSSR count). The number of carbonyl (C=O) groups excluding carboxylic acids is 1. The number of sulfonamides is 1. The average Bonchev–Trinajstić information content (AvgIpc) is 3.07. The summed E-state index contributed by atoms with van der Waals surface area (Å²) in [5.74, 6) is 0.885. The molecule has 2 aromatic carbocycles. The van der Waals surface area contributed by atoms with Crippen LogP contribution in [-0.4, -0.2) is 47.4 Å². The minimum absolute atomic E-state index is 0.000496. The van der Waals surface area contributed by atoms with E-state index < -0.39 is 16.0 Å². The summed E-state index contributed by atoms with van der Waals surface area (Å²) in [7, 11) is 1.69. The first-order valence-electron chi connectivity index (χ1n) is 8.60. The Bertz CT molecular complexity index is 1240. The van der Waals surface area contributed by atoms with Gasteiger partial charge in [-0.05, 0) is 24.3 Å². The highest BCUT2D eigenvalue weighted by Gasteiger charge is 2.18. The highest BCUT2D eigenvalue weighted by Crippen LogP contribution is 2.33. The van der Waals surface area contributed by atoms with Crippen LogP contribution in [0.25, 0.3) is 10.2 Å². The van der Waals surface area contributed by atoms with Gasteiger partial charge in [0.25, 0.3) is 10.0 Å². The summed E-state index contributed by atoms with van der Waals surface area (Å²) >= 11 is 1.10. The second-order valence-electron chi connectivity index (χ2n) is 5.96. The number of aromatic nitrogens is 1. The van der Waals surface area contributed by atoms with Crippen molar-refractivity contribution >= 4 is 37.5 Å². The van der Waals surface area contributed by atoms with E-state index >= 15 is 0 Å². The SMILES string of the molecule is COC(=O)Cn1/c(=N/S(=O)(=O)c2ccc(OC)cc2)sc2cc(OC)c(OC)cc21. The van der Waals surface area contributed by atoms with Crippen molar-refractivity contribution in [3.63, 3.8) is 0 Å². The van der Waals surface area contributed by atoms with Crippen LogP contribution in [0.2, 0.25) is 0 Å². The largest absolute Gasteiger partial charge is 0.497 e. The van der Waals surface area contributed by atoms with E-state index in [1.54, 1.807) is 12.1 Å². The molecule has 11 heteroatoms. The molecule has 0 bridgehead atoms. The average molecular weight is 453 g/mol. The molecule has 0 amide bonds. The third-order valence-corrected chi connectivity index (χ3v) is 6.70. The Hall–Kier alpha value is -3.05. The van der Waals surface area contributed by atoms with Crippen molar-refractivity contribution in [2.45, 2.75) is 11.4 Å². The van der Waals surface area contributed by atoms with Gasteiger partial charge in [0.2, 0.25) is 4.80 Å². The van der Waals surface area contributed by atoms with Gasteiger partial charge in [-0.2, -0.15) is 8.42 Å². The molecule has 3 aromatic rings. The van der Waals surface area contributed by atoms with Gasteiger partial charge in [0.15, 0.2) is 11.5 Å². The topological polar surface area (TPSA) is 105 Å². The molecule has 1 aromatic heterocycles. The van der Waals surface area contributed by atoms with Crippen molar-refractivity contribution < 1.29 is 32.2 Å². The first kappa shape index (κ1) is 21.7. The summed E-state index contributed by atoms with van der Waals surface area (Å²) in [5.41, 5.74) is 0.562. The lowest BCUT2D eigenvalue weighted by molar-refractivity contribution is -0.141. The van der Waals surface area contributed by atoms with Gasteiger partial charge >= 0.3 is 5.97 Å². The van der Waals surface area contributed by atoms with Crippen LogP contribution in [0, 0.1) is 0 Å². The summed E-state index contributed by atoms with van der Waals surface area (Å²) in [6.45, 7) is -0.219. The van der Waals surface area contributed by atoms with E-state index in [-0.39, 0.29) is 16.2 Å². The Kier molecular flexibility index (Phi) is 6.32. The molecule has 1 heterocycles. The van der Waals surface area contributed by atoms with Gasteiger partial charge in [0.05, 0.1) is 43.6 Å². The summed E-state index contributed by atoms with van der Waals surface area (Å²) in [6, 6.07) is 9.23. The molecule has 0 saturated heterocycles. The number of rotatable bonds is 7.